The Balaban J connectivity index is 1.85. The van der Waals surface area contributed by atoms with Gasteiger partial charge in [-0.2, -0.15) is 0 Å². The third-order valence-electron chi connectivity index (χ3n) is 3.20. The normalized spacial score (nSPS) is 10.5. The summed E-state index contributed by atoms with van der Waals surface area (Å²) < 4.78 is 25.9. The quantitative estimate of drug-likeness (QED) is 0.881. The van der Waals surface area contributed by atoms with Crippen molar-refractivity contribution in [3.63, 3.8) is 0 Å². The zero-order valence-corrected chi connectivity index (χ0v) is 13.3. The predicted molar refractivity (Wildman–Crippen MR) is 87.1 cm³/mol. The molecule has 0 saturated carbocycles. The number of hydrogen-bond acceptors (Lipinski definition) is 2. The third kappa shape index (κ3) is 4.56. The van der Waals surface area contributed by atoms with Crippen LogP contribution in [0.1, 0.15) is 16.7 Å². The van der Waals surface area contributed by atoms with Crippen LogP contribution in [0.4, 0.5) is 14.5 Å². The van der Waals surface area contributed by atoms with Crippen molar-refractivity contribution in [2.75, 3.05) is 11.1 Å². The summed E-state index contributed by atoms with van der Waals surface area (Å²) in [6, 6.07) is 9.53. The molecular weight excluding hydrogens is 304 g/mol. The van der Waals surface area contributed by atoms with Gasteiger partial charge in [0.1, 0.15) is 0 Å². The van der Waals surface area contributed by atoms with Gasteiger partial charge in [-0.1, -0.05) is 23.8 Å². The number of carbonyl (C=O) groups excluding carboxylic acids is 1. The van der Waals surface area contributed by atoms with Crippen LogP contribution < -0.4 is 5.32 Å². The van der Waals surface area contributed by atoms with Crippen molar-refractivity contribution in [1.82, 2.24) is 0 Å². The van der Waals surface area contributed by atoms with Gasteiger partial charge in [-0.3, -0.25) is 4.79 Å². The van der Waals surface area contributed by atoms with Gasteiger partial charge in [0.15, 0.2) is 11.6 Å². The minimum atomic E-state index is -0.971. The molecule has 0 atom stereocenters. The lowest BCUT2D eigenvalue weighted by atomic mass is 10.1. The van der Waals surface area contributed by atoms with E-state index in [0.29, 0.717) is 0 Å². The van der Waals surface area contributed by atoms with Crippen LogP contribution >= 0.6 is 11.8 Å². The minimum absolute atomic E-state index is 0.235. The summed E-state index contributed by atoms with van der Waals surface area (Å²) in [6.07, 6.45) is 0. The number of benzene rings is 2. The van der Waals surface area contributed by atoms with E-state index in [9.17, 15) is 13.6 Å². The Morgan fingerprint density at radius 1 is 1.09 bits per heavy atom. The van der Waals surface area contributed by atoms with E-state index in [1.807, 2.05) is 13.8 Å². The third-order valence-corrected chi connectivity index (χ3v) is 4.18. The fourth-order valence-electron chi connectivity index (χ4n) is 1.98. The summed E-state index contributed by atoms with van der Waals surface area (Å²) >= 11 is 1.48. The largest absolute Gasteiger partial charge is 0.325 e. The molecule has 0 spiro atoms. The second-order valence-electron chi connectivity index (χ2n) is 5.10. The maximum Gasteiger partial charge on any atom is 0.234 e. The van der Waals surface area contributed by atoms with Gasteiger partial charge in [0.25, 0.3) is 0 Å². The first kappa shape index (κ1) is 16.5. The van der Waals surface area contributed by atoms with Crippen molar-refractivity contribution in [2.45, 2.75) is 19.6 Å². The van der Waals surface area contributed by atoms with Gasteiger partial charge in [-0.05, 0) is 37.1 Å². The molecule has 22 heavy (non-hydrogen) atoms. The molecule has 0 aliphatic heterocycles. The maximum absolute atomic E-state index is 13.1. The Hall–Kier alpha value is -1.88. The summed E-state index contributed by atoms with van der Waals surface area (Å²) in [5, 5.41) is 2.56. The SMILES string of the molecule is Cc1ccc(C)c(CSCC(=O)Nc2ccc(F)c(F)c2)c1. The molecular formula is C17H17F2NOS. The fourth-order valence-corrected chi connectivity index (χ4v) is 2.87. The van der Waals surface area contributed by atoms with Gasteiger partial charge in [0, 0.05) is 17.5 Å². The van der Waals surface area contributed by atoms with Crippen LogP contribution in [-0.2, 0) is 10.5 Å². The first-order valence-corrected chi connectivity index (χ1v) is 8.00. The second-order valence-corrected chi connectivity index (χ2v) is 6.09. The molecule has 0 unspecified atom stereocenters. The van der Waals surface area contributed by atoms with Crippen LogP contribution in [0.5, 0.6) is 0 Å². The zero-order valence-electron chi connectivity index (χ0n) is 12.5. The number of nitrogens with one attached hydrogen (secondary N) is 1. The topological polar surface area (TPSA) is 29.1 Å². The standard InChI is InChI=1S/C17H17F2NOS/c1-11-3-4-12(2)13(7-11)9-22-10-17(21)20-14-5-6-15(18)16(19)8-14/h3-8H,9-10H2,1-2H3,(H,20,21). The van der Waals surface area contributed by atoms with Gasteiger partial charge in [0.05, 0.1) is 5.75 Å². The Kier molecular flexibility index (Phi) is 5.55. The molecule has 116 valence electrons. The molecule has 2 rings (SSSR count). The lowest BCUT2D eigenvalue weighted by Crippen LogP contribution is -2.14. The van der Waals surface area contributed by atoms with E-state index in [4.69, 9.17) is 0 Å². The summed E-state index contributed by atoms with van der Waals surface area (Å²) in [4.78, 5) is 11.8. The average Bonchev–Trinajstić information content (AvgIpc) is 2.46. The molecule has 5 heteroatoms. The molecule has 2 aromatic carbocycles. The van der Waals surface area contributed by atoms with Crippen LogP contribution in [0.2, 0.25) is 0 Å². The van der Waals surface area contributed by atoms with Crippen molar-refractivity contribution in [3.05, 3.63) is 64.7 Å². The summed E-state index contributed by atoms with van der Waals surface area (Å²) in [7, 11) is 0. The minimum Gasteiger partial charge on any atom is -0.325 e. The highest BCUT2D eigenvalue weighted by Crippen LogP contribution is 2.18. The van der Waals surface area contributed by atoms with Gasteiger partial charge in [-0.15, -0.1) is 11.8 Å². The van der Waals surface area contributed by atoms with Crippen LogP contribution in [0, 0.1) is 25.5 Å². The molecule has 2 nitrogen and oxygen atoms in total. The lowest BCUT2D eigenvalue weighted by Gasteiger charge is -2.08. The van der Waals surface area contributed by atoms with Crippen LogP contribution in [-0.4, -0.2) is 11.7 Å². The molecule has 1 amide bonds. The van der Waals surface area contributed by atoms with E-state index in [2.05, 4.69) is 23.5 Å². The van der Waals surface area contributed by atoms with Crippen molar-refractivity contribution in [3.8, 4) is 0 Å². The molecule has 0 aromatic heterocycles. The maximum atomic E-state index is 13.1. The van der Waals surface area contributed by atoms with Crippen molar-refractivity contribution in [1.29, 1.82) is 0 Å². The van der Waals surface area contributed by atoms with E-state index >= 15 is 0 Å². The number of thioether (sulfide) groups is 1. The molecule has 2 aromatic rings. The molecule has 0 fully saturated rings. The zero-order chi connectivity index (χ0) is 16.1. The van der Waals surface area contributed by atoms with Gasteiger partial charge in [0.2, 0.25) is 5.91 Å². The highest BCUT2D eigenvalue weighted by atomic mass is 32.2. The summed E-state index contributed by atoms with van der Waals surface area (Å²) in [5.41, 5.74) is 3.84. The number of amides is 1. The van der Waals surface area contributed by atoms with E-state index in [0.717, 1.165) is 17.9 Å². The van der Waals surface area contributed by atoms with Crippen molar-refractivity contribution >= 4 is 23.4 Å². The highest BCUT2D eigenvalue weighted by molar-refractivity contribution is 7.99. The lowest BCUT2D eigenvalue weighted by molar-refractivity contribution is -0.113. The number of carbonyl (C=O) groups is 1. The van der Waals surface area contributed by atoms with Gasteiger partial charge >= 0.3 is 0 Å². The number of hydrogen-bond donors (Lipinski definition) is 1. The Labute approximate surface area is 132 Å². The van der Waals surface area contributed by atoms with E-state index in [-0.39, 0.29) is 17.3 Å². The van der Waals surface area contributed by atoms with Crippen molar-refractivity contribution in [2.24, 2.45) is 0 Å². The second kappa shape index (κ2) is 7.40. The monoisotopic (exact) mass is 321 g/mol. The van der Waals surface area contributed by atoms with E-state index < -0.39 is 11.6 Å². The number of rotatable bonds is 5. The summed E-state index contributed by atoms with van der Waals surface area (Å²) in [6.45, 7) is 4.07. The van der Waals surface area contributed by atoms with Crippen LogP contribution in [0.15, 0.2) is 36.4 Å². The number of aryl methyl sites for hydroxylation is 2. The molecule has 0 radical (unpaired) electrons. The van der Waals surface area contributed by atoms with Crippen LogP contribution in [0.3, 0.4) is 0 Å². The predicted octanol–water partition coefficient (Wildman–Crippen LogP) is 4.45. The molecule has 0 bridgehead atoms. The fraction of sp³-hybridized carbons (Fsp3) is 0.235. The Bertz CT molecular complexity index is 688. The smallest absolute Gasteiger partial charge is 0.234 e. The molecule has 0 aliphatic rings. The first-order chi connectivity index (χ1) is 10.5. The van der Waals surface area contributed by atoms with Crippen LogP contribution in [0.25, 0.3) is 0 Å². The average molecular weight is 321 g/mol. The molecule has 1 N–H and O–H groups in total. The van der Waals surface area contributed by atoms with E-state index in [1.165, 1.54) is 34.5 Å². The first-order valence-electron chi connectivity index (χ1n) is 6.84. The van der Waals surface area contributed by atoms with Gasteiger partial charge < -0.3 is 5.32 Å². The van der Waals surface area contributed by atoms with Gasteiger partial charge in [-0.25, -0.2) is 8.78 Å². The Morgan fingerprint density at radius 3 is 2.59 bits per heavy atom. The molecule has 0 heterocycles. The number of anilines is 1. The highest BCUT2D eigenvalue weighted by Gasteiger charge is 2.07. The molecule has 0 aliphatic carbocycles. The Morgan fingerprint density at radius 2 is 1.86 bits per heavy atom. The number of halogens is 2. The molecule has 0 saturated heterocycles. The van der Waals surface area contributed by atoms with Crippen molar-refractivity contribution < 1.29 is 13.6 Å². The van der Waals surface area contributed by atoms with E-state index in [1.54, 1.807) is 0 Å². The summed E-state index contributed by atoms with van der Waals surface area (Å²) in [5.74, 6) is -1.14.